The van der Waals surface area contributed by atoms with E-state index in [1.165, 1.54) is 0 Å². The summed E-state index contributed by atoms with van der Waals surface area (Å²) < 4.78 is 5.84. The number of nitrogens with zero attached hydrogens (tertiary/aromatic N) is 1. The molecule has 3 heteroatoms. The van der Waals surface area contributed by atoms with Gasteiger partial charge in [0.2, 0.25) is 0 Å². The van der Waals surface area contributed by atoms with Gasteiger partial charge in [0, 0.05) is 29.6 Å². The maximum absolute atomic E-state index is 6.56. The number of rotatable bonds is 3. The van der Waals surface area contributed by atoms with Crippen LogP contribution < -0.4 is 0 Å². The van der Waals surface area contributed by atoms with Gasteiger partial charge >= 0.3 is 0 Å². The fourth-order valence-corrected chi connectivity index (χ4v) is 3.36. The van der Waals surface area contributed by atoms with Crippen molar-refractivity contribution in [2.75, 3.05) is 0 Å². The quantitative estimate of drug-likeness (QED) is 0.772. The normalized spacial score (nSPS) is 34.8. The minimum atomic E-state index is 0.0971. The van der Waals surface area contributed by atoms with Crippen LogP contribution in [0, 0.1) is 11.8 Å². The summed E-state index contributed by atoms with van der Waals surface area (Å²) in [5, 5.41) is 0.0971. The molecule has 94 valence electrons. The summed E-state index contributed by atoms with van der Waals surface area (Å²) in [6.07, 6.45) is 3.18. The second-order valence-electron chi connectivity index (χ2n) is 5.02. The zero-order valence-corrected chi connectivity index (χ0v) is 11.4. The summed E-state index contributed by atoms with van der Waals surface area (Å²) in [4.78, 5) is 4.33. The minimum Gasteiger partial charge on any atom is -0.375 e. The van der Waals surface area contributed by atoms with Gasteiger partial charge in [-0.15, -0.1) is 11.6 Å². The van der Waals surface area contributed by atoms with E-state index in [1.54, 1.807) is 0 Å². The van der Waals surface area contributed by atoms with E-state index < -0.39 is 0 Å². The third kappa shape index (κ3) is 2.80. The molecule has 0 spiro atoms. The summed E-state index contributed by atoms with van der Waals surface area (Å²) in [5.74, 6) is 0.921. The van der Waals surface area contributed by atoms with Crippen molar-refractivity contribution in [2.24, 2.45) is 11.8 Å². The molecule has 1 aromatic rings. The summed E-state index contributed by atoms with van der Waals surface area (Å²) >= 11 is 6.56. The van der Waals surface area contributed by atoms with E-state index in [4.69, 9.17) is 16.3 Å². The second-order valence-corrected chi connectivity index (χ2v) is 5.58. The van der Waals surface area contributed by atoms with Crippen molar-refractivity contribution in [1.29, 1.82) is 0 Å². The molecule has 2 heterocycles. The van der Waals surface area contributed by atoms with Gasteiger partial charge in [-0.3, -0.25) is 4.98 Å². The lowest BCUT2D eigenvalue weighted by atomic mass is 9.85. The van der Waals surface area contributed by atoms with Gasteiger partial charge in [0.1, 0.15) is 0 Å². The second kappa shape index (κ2) is 5.36. The highest BCUT2D eigenvalue weighted by atomic mass is 35.5. The molecule has 0 N–H and O–H groups in total. The average Bonchev–Trinajstić information content (AvgIpc) is 2.54. The van der Waals surface area contributed by atoms with Crippen molar-refractivity contribution in [1.82, 2.24) is 4.98 Å². The first-order chi connectivity index (χ1) is 8.09. The van der Waals surface area contributed by atoms with Crippen LogP contribution >= 0.6 is 11.6 Å². The number of ether oxygens (including phenoxy) is 1. The highest BCUT2D eigenvalue weighted by molar-refractivity contribution is 6.21. The fourth-order valence-electron chi connectivity index (χ4n) is 2.77. The molecule has 2 rings (SSSR count). The summed E-state index contributed by atoms with van der Waals surface area (Å²) in [6, 6.07) is 5.97. The van der Waals surface area contributed by atoms with E-state index >= 15 is 0 Å². The molecule has 1 aromatic heterocycles. The SMILES string of the molecule is CC1OC(C)C(C(Cl)Cc2ccccn2)C1C. The third-order valence-corrected chi connectivity index (χ3v) is 4.31. The third-order valence-electron chi connectivity index (χ3n) is 3.87. The van der Waals surface area contributed by atoms with Gasteiger partial charge in [-0.25, -0.2) is 0 Å². The Hall–Kier alpha value is -0.600. The van der Waals surface area contributed by atoms with Gasteiger partial charge in [-0.2, -0.15) is 0 Å². The van der Waals surface area contributed by atoms with Gasteiger partial charge in [0.25, 0.3) is 0 Å². The van der Waals surface area contributed by atoms with Crippen molar-refractivity contribution in [3.63, 3.8) is 0 Å². The topological polar surface area (TPSA) is 22.1 Å². The van der Waals surface area contributed by atoms with Gasteiger partial charge in [0.05, 0.1) is 12.2 Å². The van der Waals surface area contributed by atoms with Crippen LogP contribution in [0.4, 0.5) is 0 Å². The van der Waals surface area contributed by atoms with Crippen LogP contribution in [-0.2, 0) is 11.2 Å². The highest BCUT2D eigenvalue weighted by Crippen LogP contribution is 2.37. The number of pyridine rings is 1. The first kappa shape index (κ1) is 12.8. The molecular formula is C14H20ClNO. The maximum Gasteiger partial charge on any atom is 0.0596 e. The molecule has 0 radical (unpaired) electrons. The van der Waals surface area contributed by atoms with Crippen LogP contribution in [0.3, 0.4) is 0 Å². The minimum absolute atomic E-state index is 0.0971. The molecule has 0 saturated carbocycles. The molecule has 1 aliphatic rings. The molecule has 0 aromatic carbocycles. The Labute approximate surface area is 108 Å². The Morgan fingerprint density at radius 1 is 1.29 bits per heavy atom. The Balaban J connectivity index is 2.03. The van der Waals surface area contributed by atoms with E-state index in [0.717, 1.165) is 12.1 Å². The van der Waals surface area contributed by atoms with Crippen LogP contribution in [0.1, 0.15) is 26.5 Å². The Morgan fingerprint density at radius 2 is 2.06 bits per heavy atom. The first-order valence-electron chi connectivity index (χ1n) is 6.29. The van der Waals surface area contributed by atoms with Gasteiger partial charge in [-0.05, 0) is 31.9 Å². The van der Waals surface area contributed by atoms with E-state index in [-0.39, 0.29) is 11.5 Å². The van der Waals surface area contributed by atoms with Crippen LogP contribution in [0.2, 0.25) is 0 Å². The Bertz CT molecular complexity index is 356. The lowest BCUT2D eigenvalue weighted by molar-refractivity contribution is 0.0508. The predicted octanol–water partition coefficient (Wildman–Crippen LogP) is 3.29. The molecule has 1 aliphatic heterocycles. The van der Waals surface area contributed by atoms with Crippen molar-refractivity contribution < 1.29 is 4.74 Å². The van der Waals surface area contributed by atoms with Crippen molar-refractivity contribution in [3.05, 3.63) is 30.1 Å². The lowest BCUT2D eigenvalue weighted by Gasteiger charge is -2.23. The van der Waals surface area contributed by atoms with Crippen molar-refractivity contribution in [3.8, 4) is 0 Å². The first-order valence-corrected chi connectivity index (χ1v) is 6.72. The van der Waals surface area contributed by atoms with Gasteiger partial charge in [-0.1, -0.05) is 13.0 Å². The molecule has 1 fully saturated rings. The largest absolute Gasteiger partial charge is 0.375 e. The Kier molecular flexibility index (Phi) is 4.05. The summed E-state index contributed by atoms with van der Waals surface area (Å²) in [6.45, 7) is 6.48. The van der Waals surface area contributed by atoms with Crippen LogP contribution in [0.25, 0.3) is 0 Å². The molecule has 0 bridgehead atoms. The van der Waals surface area contributed by atoms with E-state index in [2.05, 4.69) is 25.8 Å². The number of hydrogen-bond donors (Lipinski definition) is 0. The lowest BCUT2D eigenvalue weighted by Crippen LogP contribution is -2.28. The van der Waals surface area contributed by atoms with Crippen LogP contribution in [0.15, 0.2) is 24.4 Å². The highest BCUT2D eigenvalue weighted by Gasteiger charge is 2.40. The molecule has 0 amide bonds. The smallest absolute Gasteiger partial charge is 0.0596 e. The molecule has 5 atom stereocenters. The maximum atomic E-state index is 6.56. The van der Waals surface area contributed by atoms with Gasteiger partial charge < -0.3 is 4.74 Å². The fraction of sp³-hybridized carbons (Fsp3) is 0.643. The van der Waals surface area contributed by atoms with E-state index in [0.29, 0.717) is 17.9 Å². The number of alkyl halides is 1. The van der Waals surface area contributed by atoms with Crippen molar-refractivity contribution in [2.45, 2.75) is 44.8 Å². The predicted molar refractivity (Wildman–Crippen MR) is 70.2 cm³/mol. The molecule has 0 aliphatic carbocycles. The number of hydrogen-bond acceptors (Lipinski definition) is 2. The monoisotopic (exact) mass is 253 g/mol. The average molecular weight is 254 g/mol. The van der Waals surface area contributed by atoms with E-state index in [1.807, 2.05) is 24.4 Å². The van der Waals surface area contributed by atoms with Crippen LogP contribution in [0.5, 0.6) is 0 Å². The molecule has 1 saturated heterocycles. The van der Waals surface area contributed by atoms with Crippen molar-refractivity contribution >= 4 is 11.6 Å². The summed E-state index contributed by atoms with van der Waals surface area (Å²) in [7, 11) is 0. The number of halogens is 1. The molecule has 17 heavy (non-hydrogen) atoms. The Morgan fingerprint density at radius 3 is 2.59 bits per heavy atom. The van der Waals surface area contributed by atoms with Crippen LogP contribution in [-0.4, -0.2) is 22.6 Å². The standard InChI is InChI=1S/C14H20ClNO/c1-9-10(2)17-11(3)14(9)13(15)8-12-6-4-5-7-16-12/h4-7,9-11,13-14H,8H2,1-3H3. The van der Waals surface area contributed by atoms with Gasteiger partial charge in [0.15, 0.2) is 0 Å². The number of aromatic nitrogens is 1. The molecular weight excluding hydrogens is 234 g/mol. The molecule has 2 nitrogen and oxygen atoms in total. The zero-order valence-electron chi connectivity index (χ0n) is 10.6. The zero-order chi connectivity index (χ0) is 12.4. The molecule has 5 unspecified atom stereocenters. The van der Waals surface area contributed by atoms with E-state index in [9.17, 15) is 0 Å². The summed E-state index contributed by atoms with van der Waals surface area (Å²) in [5.41, 5.74) is 1.06.